The van der Waals surface area contributed by atoms with Crippen molar-refractivity contribution in [1.29, 1.82) is 0 Å². The lowest BCUT2D eigenvalue weighted by molar-refractivity contribution is -0.144. The van der Waals surface area contributed by atoms with Crippen LogP contribution in [0.3, 0.4) is 0 Å². The molecular formula is C14H22N2O4S. The fraction of sp³-hybridized carbons (Fsp3) is 0.643. The minimum Gasteiger partial charge on any atom is -0.469 e. The number of hydrogen-bond donors (Lipinski definition) is 1. The molecule has 6 nitrogen and oxygen atoms in total. The second-order valence-electron chi connectivity index (χ2n) is 5.81. The SMILES string of the molecule is COC(=O)C(C)CSCC(=O)Nc1cc(C(C)(C)C)no1. The molecule has 0 aliphatic heterocycles. The molecule has 0 aliphatic carbocycles. The zero-order valence-corrected chi connectivity index (χ0v) is 13.9. The van der Waals surface area contributed by atoms with Gasteiger partial charge in [-0.1, -0.05) is 32.9 Å². The Morgan fingerprint density at radius 1 is 1.48 bits per heavy atom. The van der Waals surface area contributed by atoms with Crippen molar-refractivity contribution in [2.45, 2.75) is 33.1 Å². The number of nitrogens with zero attached hydrogens (tertiary/aromatic N) is 1. The lowest BCUT2D eigenvalue weighted by atomic mass is 9.92. The zero-order valence-electron chi connectivity index (χ0n) is 13.1. The summed E-state index contributed by atoms with van der Waals surface area (Å²) >= 11 is 1.37. The molecule has 21 heavy (non-hydrogen) atoms. The molecule has 118 valence electrons. The van der Waals surface area contributed by atoms with E-state index in [1.54, 1.807) is 13.0 Å². The van der Waals surface area contributed by atoms with Crippen molar-refractivity contribution in [3.8, 4) is 0 Å². The number of aromatic nitrogens is 1. The number of carbonyl (C=O) groups excluding carboxylic acids is 2. The fourth-order valence-electron chi connectivity index (χ4n) is 1.46. The van der Waals surface area contributed by atoms with E-state index >= 15 is 0 Å². The maximum atomic E-state index is 11.8. The monoisotopic (exact) mass is 314 g/mol. The molecule has 1 atom stereocenters. The minimum atomic E-state index is -0.270. The van der Waals surface area contributed by atoms with E-state index in [0.717, 1.165) is 5.69 Å². The summed E-state index contributed by atoms with van der Waals surface area (Å²) < 4.78 is 9.70. The van der Waals surface area contributed by atoms with E-state index in [1.165, 1.54) is 18.9 Å². The summed E-state index contributed by atoms with van der Waals surface area (Å²) in [5.41, 5.74) is 0.654. The highest BCUT2D eigenvalue weighted by Crippen LogP contribution is 2.23. The number of anilines is 1. The molecule has 0 saturated heterocycles. The molecule has 0 aliphatic rings. The summed E-state index contributed by atoms with van der Waals surface area (Å²) in [6, 6.07) is 1.72. The summed E-state index contributed by atoms with van der Waals surface area (Å²) in [6.07, 6.45) is 0. The third-order valence-electron chi connectivity index (χ3n) is 2.75. The van der Waals surface area contributed by atoms with Crippen LogP contribution in [0.2, 0.25) is 0 Å². The average Bonchev–Trinajstić information content (AvgIpc) is 2.85. The van der Waals surface area contributed by atoms with E-state index in [9.17, 15) is 9.59 Å². The molecule has 1 heterocycles. The molecule has 0 radical (unpaired) electrons. The standard InChI is InChI=1S/C14H22N2O4S/c1-9(13(18)19-5)7-21-8-11(17)15-12-6-10(16-20-12)14(2,3)4/h6,9H,7-8H2,1-5H3,(H,15,17). The highest BCUT2D eigenvalue weighted by molar-refractivity contribution is 8.00. The van der Waals surface area contributed by atoms with Crippen LogP contribution in [-0.4, -0.2) is 35.6 Å². The number of amides is 1. The van der Waals surface area contributed by atoms with Crippen LogP contribution in [0.5, 0.6) is 0 Å². The van der Waals surface area contributed by atoms with Crippen LogP contribution in [0.25, 0.3) is 0 Å². The van der Waals surface area contributed by atoms with E-state index in [2.05, 4.69) is 15.2 Å². The normalized spacial score (nSPS) is 12.8. The Labute approximate surface area is 129 Å². The fourth-order valence-corrected chi connectivity index (χ4v) is 2.32. The second kappa shape index (κ2) is 7.49. The highest BCUT2D eigenvalue weighted by Gasteiger charge is 2.20. The molecular weight excluding hydrogens is 292 g/mol. The number of esters is 1. The first kappa shape index (κ1) is 17.6. The third-order valence-corrected chi connectivity index (χ3v) is 3.95. The molecule has 1 amide bonds. The molecule has 1 aromatic heterocycles. The molecule has 1 N–H and O–H groups in total. The summed E-state index contributed by atoms with van der Waals surface area (Å²) in [5.74, 6) is 0.426. The Morgan fingerprint density at radius 2 is 2.14 bits per heavy atom. The first-order valence-corrected chi connectivity index (χ1v) is 7.82. The highest BCUT2D eigenvalue weighted by atomic mass is 32.2. The molecule has 0 aromatic carbocycles. The first-order valence-electron chi connectivity index (χ1n) is 6.66. The van der Waals surface area contributed by atoms with Crippen molar-refractivity contribution in [2.24, 2.45) is 5.92 Å². The van der Waals surface area contributed by atoms with Crippen LogP contribution in [0.4, 0.5) is 5.88 Å². The number of nitrogens with one attached hydrogen (secondary N) is 1. The van der Waals surface area contributed by atoms with Gasteiger partial charge in [0.15, 0.2) is 0 Å². The number of hydrogen-bond acceptors (Lipinski definition) is 6. The molecule has 1 unspecified atom stereocenters. The molecule has 7 heteroatoms. The van der Waals surface area contributed by atoms with Gasteiger partial charge in [0.2, 0.25) is 11.8 Å². The number of rotatable bonds is 6. The quantitative estimate of drug-likeness (QED) is 0.812. The lowest BCUT2D eigenvalue weighted by Gasteiger charge is -2.12. The van der Waals surface area contributed by atoms with Crippen molar-refractivity contribution < 1.29 is 18.8 Å². The van der Waals surface area contributed by atoms with Crippen molar-refractivity contribution in [2.75, 3.05) is 23.9 Å². The van der Waals surface area contributed by atoms with Crippen molar-refractivity contribution in [3.63, 3.8) is 0 Å². The van der Waals surface area contributed by atoms with Crippen molar-refractivity contribution in [1.82, 2.24) is 5.16 Å². The maximum absolute atomic E-state index is 11.8. The Kier molecular flexibility index (Phi) is 6.26. The summed E-state index contributed by atoms with van der Waals surface area (Å²) in [5, 5.41) is 6.57. The van der Waals surface area contributed by atoms with Gasteiger partial charge in [0.1, 0.15) is 0 Å². The van der Waals surface area contributed by atoms with Gasteiger partial charge in [0.25, 0.3) is 0 Å². The third kappa shape index (κ3) is 5.79. The zero-order chi connectivity index (χ0) is 16.0. The van der Waals surface area contributed by atoms with Gasteiger partial charge < -0.3 is 9.26 Å². The Balaban J connectivity index is 2.37. The number of thioether (sulfide) groups is 1. The van der Waals surface area contributed by atoms with Crippen LogP contribution >= 0.6 is 11.8 Å². The average molecular weight is 314 g/mol. The van der Waals surface area contributed by atoms with Gasteiger partial charge in [0.05, 0.1) is 24.5 Å². The molecule has 1 rings (SSSR count). The lowest BCUT2D eigenvalue weighted by Crippen LogP contribution is -2.18. The predicted molar refractivity (Wildman–Crippen MR) is 82.3 cm³/mol. The van der Waals surface area contributed by atoms with E-state index in [4.69, 9.17) is 4.52 Å². The number of methoxy groups -OCH3 is 1. The Bertz CT molecular complexity index is 493. The predicted octanol–water partition coefficient (Wildman–Crippen LogP) is 2.45. The summed E-state index contributed by atoms with van der Waals surface area (Å²) in [7, 11) is 1.35. The largest absolute Gasteiger partial charge is 0.469 e. The van der Waals surface area contributed by atoms with E-state index in [1.807, 2.05) is 20.8 Å². The van der Waals surface area contributed by atoms with Gasteiger partial charge in [-0.3, -0.25) is 14.9 Å². The number of carbonyl (C=O) groups is 2. The Hall–Kier alpha value is -1.50. The van der Waals surface area contributed by atoms with Crippen LogP contribution in [-0.2, 0) is 19.7 Å². The van der Waals surface area contributed by atoms with Gasteiger partial charge >= 0.3 is 5.97 Å². The topological polar surface area (TPSA) is 81.4 Å². The van der Waals surface area contributed by atoms with Crippen LogP contribution in [0, 0.1) is 5.92 Å². The molecule has 1 aromatic rings. The number of ether oxygens (including phenoxy) is 1. The van der Waals surface area contributed by atoms with Crippen LogP contribution in [0.15, 0.2) is 10.6 Å². The van der Waals surface area contributed by atoms with Gasteiger partial charge in [-0.2, -0.15) is 11.8 Å². The van der Waals surface area contributed by atoms with Gasteiger partial charge in [-0.05, 0) is 0 Å². The summed E-state index contributed by atoms with van der Waals surface area (Å²) in [4.78, 5) is 23.0. The van der Waals surface area contributed by atoms with Gasteiger partial charge in [0, 0.05) is 17.2 Å². The van der Waals surface area contributed by atoms with Crippen LogP contribution < -0.4 is 5.32 Å². The van der Waals surface area contributed by atoms with E-state index in [0.29, 0.717) is 11.6 Å². The van der Waals surface area contributed by atoms with Gasteiger partial charge in [-0.15, -0.1) is 0 Å². The minimum absolute atomic E-state index is 0.128. The smallest absolute Gasteiger partial charge is 0.309 e. The van der Waals surface area contributed by atoms with E-state index < -0.39 is 0 Å². The van der Waals surface area contributed by atoms with Crippen molar-refractivity contribution >= 4 is 29.5 Å². The first-order chi connectivity index (χ1) is 9.74. The summed E-state index contributed by atoms with van der Waals surface area (Å²) in [6.45, 7) is 7.81. The van der Waals surface area contributed by atoms with Gasteiger partial charge in [-0.25, -0.2) is 0 Å². The Morgan fingerprint density at radius 3 is 2.67 bits per heavy atom. The second-order valence-corrected chi connectivity index (χ2v) is 6.84. The van der Waals surface area contributed by atoms with Crippen LogP contribution in [0.1, 0.15) is 33.4 Å². The van der Waals surface area contributed by atoms with E-state index in [-0.39, 0.29) is 29.0 Å². The molecule has 0 fully saturated rings. The molecule has 0 saturated carbocycles. The molecule has 0 spiro atoms. The maximum Gasteiger partial charge on any atom is 0.309 e. The van der Waals surface area contributed by atoms with Crippen molar-refractivity contribution in [3.05, 3.63) is 11.8 Å². The molecule has 0 bridgehead atoms.